The quantitative estimate of drug-likeness (QED) is 0.745. The molecule has 1 atom stereocenters. The van der Waals surface area contributed by atoms with Crippen molar-refractivity contribution in [1.82, 2.24) is 5.32 Å². The summed E-state index contributed by atoms with van der Waals surface area (Å²) in [7, 11) is 1.66. The van der Waals surface area contributed by atoms with Crippen molar-refractivity contribution in [2.24, 2.45) is 5.92 Å². The number of hydrogen-bond acceptors (Lipinski definition) is 2. The van der Waals surface area contributed by atoms with Gasteiger partial charge < -0.3 is 15.4 Å². The highest BCUT2D eigenvalue weighted by Gasteiger charge is 2.08. The lowest BCUT2D eigenvalue weighted by Gasteiger charge is -2.18. The summed E-state index contributed by atoms with van der Waals surface area (Å²) >= 11 is 5.37. The number of ether oxygens (including phenoxy) is 1. The van der Waals surface area contributed by atoms with E-state index >= 15 is 0 Å². The van der Waals surface area contributed by atoms with Crippen molar-refractivity contribution in [2.75, 3.05) is 19.0 Å². The largest absolute Gasteiger partial charge is 0.497 e. The Kier molecular flexibility index (Phi) is 6.88. The van der Waals surface area contributed by atoms with Crippen LogP contribution in [-0.4, -0.2) is 18.8 Å². The van der Waals surface area contributed by atoms with E-state index in [1.807, 2.05) is 24.3 Å². The molecule has 0 fully saturated rings. The SMILES string of the molecule is CCC(CNC(=S)Nc1ccc(OC)cc1)Cc1ccccc1. The maximum absolute atomic E-state index is 5.37. The zero-order valence-corrected chi connectivity index (χ0v) is 14.5. The summed E-state index contributed by atoms with van der Waals surface area (Å²) in [6.45, 7) is 3.09. The third-order valence-electron chi connectivity index (χ3n) is 3.84. The third-order valence-corrected chi connectivity index (χ3v) is 4.09. The smallest absolute Gasteiger partial charge is 0.170 e. The molecule has 4 heteroatoms. The molecule has 0 spiro atoms. The minimum Gasteiger partial charge on any atom is -0.497 e. The molecule has 0 aliphatic rings. The van der Waals surface area contributed by atoms with Gasteiger partial charge >= 0.3 is 0 Å². The van der Waals surface area contributed by atoms with Crippen molar-refractivity contribution in [3.05, 3.63) is 60.2 Å². The summed E-state index contributed by atoms with van der Waals surface area (Å²) in [5.74, 6) is 1.40. The van der Waals surface area contributed by atoms with Gasteiger partial charge in [0.05, 0.1) is 7.11 Å². The average Bonchev–Trinajstić information content (AvgIpc) is 2.60. The number of methoxy groups -OCH3 is 1. The topological polar surface area (TPSA) is 33.3 Å². The van der Waals surface area contributed by atoms with E-state index in [9.17, 15) is 0 Å². The van der Waals surface area contributed by atoms with Gasteiger partial charge in [0.25, 0.3) is 0 Å². The highest BCUT2D eigenvalue weighted by Crippen LogP contribution is 2.15. The summed E-state index contributed by atoms with van der Waals surface area (Å²) in [4.78, 5) is 0. The van der Waals surface area contributed by atoms with Crippen LogP contribution in [0.25, 0.3) is 0 Å². The number of benzene rings is 2. The van der Waals surface area contributed by atoms with Crippen LogP contribution >= 0.6 is 12.2 Å². The molecule has 3 nitrogen and oxygen atoms in total. The van der Waals surface area contributed by atoms with Crippen LogP contribution < -0.4 is 15.4 Å². The highest BCUT2D eigenvalue weighted by atomic mass is 32.1. The van der Waals surface area contributed by atoms with Crippen molar-refractivity contribution in [2.45, 2.75) is 19.8 Å². The second kappa shape index (κ2) is 9.16. The van der Waals surface area contributed by atoms with Gasteiger partial charge in [0.1, 0.15) is 5.75 Å². The van der Waals surface area contributed by atoms with Gasteiger partial charge in [-0.2, -0.15) is 0 Å². The molecule has 0 bridgehead atoms. The Morgan fingerprint density at radius 2 is 1.78 bits per heavy atom. The van der Waals surface area contributed by atoms with Crippen molar-refractivity contribution in [1.29, 1.82) is 0 Å². The van der Waals surface area contributed by atoms with Crippen molar-refractivity contribution < 1.29 is 4.74 Å². The van der Waals surface area contributed by atoms with Crippen LogP contribution in [0.5, 0.6) is 5.75 Å². The van der Waals surface area contributed by atoms with E-state index < -0.39 is 0 Å². The Morgan fingerprint density at radius 1 is 1.09 bits per heavy atom. The van der Waals surface area contributed by atoms with E-state index in [0.29, 0.717) is 11.0 Å². The predicted octanol–water partition coefficient (Wildman–Crippen LogP) is 4.25. The molecule has 0 aromatic heterocycles. The molecular weight excluding hydrogens is 304 g/mol. The van der Waals surface area contributed by atoms with Crippen molar-refractivity contribution in [3.8, 4) is 5.75 Å². The van der Waals surface area contributed by atoms with Crippen LogP contribution in [0, 0.1) is 5.92 Å². The maximum atomic E-state index is 5.37. The first-order valence-corrected chi connectivity index (χ1v) is 8.35. The first-order chi connectivity index (χ1) is 11.2. The van der Waals surface area contributed by atoms with E-state index in [0.717, 1.165) is 30.8 Å². The van der Waals surface area contributed by atoms with Crippen molar-refractivity contribution >= 4 is 23.0 Å². The van der Waals surface area contributed by atoms with Crippen LogP contribution in [0.2, 0.25) is 0 Å². The molecule has 23 heavy (non-hydrogen) atoms. The van der Waals surface area contributed by atoms with Crippen LogP contribution in [-0.2, 0) is 6.42 Å². The van der Waals surface area contributed by atoms with Crippen molar-refractivity contribution in [3.63, 3.8) is 0 Å². The van der Waals surface area contributed by atoms with E-state index in [2.05, 4.69) is 47.9 Å². The van der Waals surface area contributed by atoms with Gasteiger partial charge in [-0.1, -0.05) is 43.7 Å². The molecule has 0 amide bonds. The lowest BCUT2D eigenvalue weighted by atomic mass is 9.97. The Hall–Kier alpha value is -2.07. The molecule has 122 valence electrons. The summed E-state index contributed by atoms with van der Waals surface area (Å²) in [6.07, 6.45) is 2.18. The lowest BCUT2D eigenvalue weighted by molar-refractivity contribution is 0.415. The second-order valence-corrected chi connectivity index (χ2v) is 5.94. The molecule has 2 aromatic carbocycles. The molecule has 0 heterocycles. The highest BCUT2D eigenvalue weighted by molar-refractivity contribution is 7.80. The molecule has 2 rings (SSSR count). The summed E-state index contributed by atoms with van der Waals surface area (Å²) < 4.78 is 5.15. The molecule has 2 aromatic rings. The van der Waals surface area contributed by atoms with Gasteiger partial charge in [-0.3, -0.25) is 0 Å². The van der Waals surface area contributed by atoms with E-state index in [1.54, 1.807) is 7.11 Å². The van der Waals surface area contributed by atoms with Crippen LogP contribution in [0.15, 0.2) is 54.6 Å². The third kappa shape index (κ3) is 5.91. The molecule has 2 N–H and O–H groups in total. The fourth-order valence-electron chi connectivity index (χ4n) is 2.39. The molecule has 0 saturated carbocycles. The van der Waals surface area contributed by atoms with Gasteiger partial charge in [-0.25, -0.2) is 0 Å². The first kappa shape index (κ1) is 17.3. The predicted molar refractivity (Wildman–Crippen MR) is 101 cm³/mol. The second-order valence-electron chi connectivity index (χ2n) is 5.53. The fourth-order valence-corrected chi connectivity index (χ4v) is 2.60. The summed E-state index contributed by atoms with van der Waals surface area (Å²) in [5.41, 5.74) is 2.33. The monoisotopic (exact) mass is 328 g/mol. The fraction of sp³-hybridized carbons (Fsp3) is 0.316. The number of nitrogens with one attached hydrogen (secondary N) is 2. The molecule has 0 aliphatic carbocycles. The van der Waals surface area contributed by atoms with Gasteiger partial charge in [0, 0.05) is 12.2 Å². The Morgan fingerprint density at radius 3 is 2.39 bits per heavy atom. The molecule has 1 unspecified atom stereocenters. The standard InChI is InChI=1S/C19H24N2OS/c1-3-15(13-16-7-5-4-6-8-16)14-20-19(23)21-17-9-11-18(22-2)12-10-17/h4-12,15H,3,13-14H2,1-2H3,(H2,20,21,23). The Balaban J connectivity index is 1.79. The minimum atomic E-state index is 0.563. The number of rotatable bonds is 7. The Bertz CT molecular complexity index is 599. The molecular formula is C19H24N2OS. The van der Waals surface area contributed by atoms with E-state index in [4.69, 9.17) is 17.0 Å². The number of anilines is 1. The van der Waals surface area contributed by atoms with Crippen LogP contribution in [0.4, 0.5) is 5.69 Å². The average molecular weight is 328 g/mol. The zero-order valence-electron chi connectivity index (χ0n) is 13.7. The maximum Gasteiger partial charge on any atom is 0.170 e. The van der Waals surface area contributed by atoms with E-state index in [1.165, 1.54) is 5.56 Å². The number of thiocarbonyl (C=S) groups is 1. The van der Waals surface area contributed by atoms with Gasteiger partial charge in [0.15, 0.2) is 5.11 Å². The van der Waals surface area contributed by atoms with Crippen LogP contribution in [0.3, 0.4) is 0 Å². The summed E-state index contributed by atoms with van der Waals surface area (Å²) in [5, 5.41) is 7.18. The van der Waals surface area contributed by atoms with Gasteiger partial charge in [0.2, 0.25) is 0 Å². The zero-order chi connectivity index (χ0) is 16.5. The molecule has 0 aliphatic heterocycles. The van der Waals surface area contributed by atoms with E-state index in [-0.39, 0.29) is 0 Å². The Labute approximate surface area is 144 Å². The van der Waals surface area contributed by atoms with Crippen LogP contribution in [0.1, 0.15) is 18.9 Å². The summed E-state index contributed by atoms with van der Waals surface area (Å²) in [6, 6.07) is 18.3. The van der Waals surface area contributed by atoms with Gasteiger partial charge in [-0.05, 0) is 54.4 Å². The lowest BCUT2D eigenvalue weighted by Crippen LogP contribution is -2.33. The molecule has 0 saturated heterocycles. The molecule has 0 radical (unpaired) electrons. The van der Waals surface area contributed by atoms with Gasteiger partial charge in [-0.15, -0.1) is 0 Å². The minimum absolute atomic E-state index is 0.563. The number of hydrogen-bond donors (Lipinski definition) is 2. The first-order valence-electron chi connectivity index (χ1n) is 7.94. The normalized spacial score (nSPS) is 11.6.